The molecule has 0 saturated heterocycles. The highest BCUT2D eigenvalue weighted by Crippen LogP contribution is 2.37. The fourth-order valence-electron chi connectivity index (χ4n) is 1.28. The predicted molar refractivity (Wildman–Crippen MR) is 59.1 cm³/mol. The van der Waals surface area contributed by atoms with E-state index in [2.05, 4.69) is 4.40 Å². The molecule has 0 unspecified atom stereocenters. The zero-order chi connectivity index (χ0) is 10.8. The average Bonchev–Trinajstić information content (AvgIpc) is 2.21. The van der Waals surface area contributed by atoms with E-state index in [1.807, 2.05) is 0 Å². The van der Waals surface area contributed by atoms with Gasteiger partial charge in [-0.1, -0.05) is 11.6 Å². The predicted octanol–water partition coefficient (Wildman–Crippen LogP) is 3.30. The third-order valence-electron chi connectivity index (χ3n) is 1.97. The van der Waals surface area contributed by atoms with Crippen LogP contribution in [-0.2, 0) is 0 Å². The molecule has 0 amide bonds. The zero-order valence-electron chi connectivity index (χ0n) is 7.58. The maximum absolute atomic E-state index is 13.1. The molecule has 0 saturated carbocycles. The summed E-state index contributed by atoms with van der Waals surface area (Å²) in [7, 11) is 0. The van der Waals surface area contributed by atoms with E-state index < -0.39 is 12.5 Å². The van der Waals surface area contributed by atoms with Gasteiger partial charge < -0.3 is 4.90 Å². The lowest BCUT2D eigenvalue weighted by atomic mass is 10.3. The van der Waals surface area contributed by atoms with E-state index in [9.17, 15) is 8.78 Å². The van der Waals surface area contributed by atoms with Crippen LogP contribution in [0.3, 0.4) is 0 Å². The molecule has 0 bridgehead atoms. The number of hydrogen-bond donors (Lipinski definition) is 0. The van der Waals surface area contributed by atoms with Crippen molar-refractivity contribution in [2.45, 2.75) is 4.90 Å². The van der Waals surface area contributed by atoms with Crippen molar-refractivity contribution >= 4 is 35.6 Å². The lowest BCUT2D eigenvalue weighted by Crippen LogP contribution is -2.25. The molecule has 0 spiro atoms. The minimum atomic E-state index is -0.495. The van der Waals surface area contributed by atoms with E-state index >= 15 is 0 Å². The number of anilines is 1. The number of benzene rings is 1. The highest BCUT2D eigenvalue weighted by molar-refractivity contribution is 7.98. The molecule has 0 fully saturated rings. The molecule has 1 heterocycles. The Balaban J connectivity index is 2.41. The lowest BCUT2D eigenvalue weighted by molar-refractivity contribution is 0.503. The van der Waals surface area contributed by atoms with Gasteiger partial charge in [0.15, 0.2) is 0 Å². The molecular weight excluding hydrogens is 242 g/mol. The zero-order valence-corrected chi connectivity index (χ0v) is 9.16. The summed E-state index contributed by atoms with van der Waals surface area (Å²) in [4.78, 5) is 2.25. The third kappa shape index (κ3) is 2.08. The Hall–Kier alpha value is -0.810. The van der Waals surface area contributed by atoms with Crippen LogP contribution in [0.15, 0.2) is 21.4 Å². The van der Waals surface area contributed by atoms with Gasteiger partial charge in [0.2, 0.25) is 0 Å². The number of nitrogens with zero attached hydrogens (tertiary/aromatic N) is 2. The first-order valence-electron chi connectivity index (χ1n) is 4.24. The molecule has 0 aromatic heterocycles. The van der Waals surface area contributed by atoms with Gasteiger partial charge in [-0.15, -0.1) is 0 Å². The van der Waals surface area contributed by atoms with Crippen molar-refractivity contribution in [3.63, 3.8) is 0 Å². The molecule has 6 heteroatoms. The maximum Gasteiger partial charge on any atom is 0.143 e. The summed E-state index contributed by atoms with van der Waals surface area (Å²) in [6, 6.07) is 2.80. The summed E-state index contributed by atoms with van der Waals surface area (Å²) >= 11 is 6.81. The summed E-state index contributed by atoms with van der Waals surface area (Å²) in [6.07, 6.45) is 1.51. The Morgan fingerprint density at radius 2 is 2.27 bits per heavy atom. The quantitative estimate of drug-likeness (QED) is 0.747. The van der Waals surface area contributed by atoms with Crippen LogP contribution in [0.5, 0.6) is 0 Å². The van der Waals surface area contributed by atoms with Gasteiger partial charge in [-0.05, 0) is 12.1 Å². The third-order valence-corrected chi connectivity index (χ3v) is 2.99. The monoisotopic (exact) mass is 248 g/mol. The van der Waals surface area contributed by atoms with Gasteiger partial charge in [0.1, 0.15) is 18.8 Å². The van der Waals surface area contributed by atoms with Gasteiger partial charge in [0.25, 0.3) is 0 Å². The van der Waals surface area contributed by atoms with Crippen molar-refractivity contribution in [2.75, 3.05) is 18.1 Å². The van der Waals surface area contributed by atoms with Crippen LogP contribution in [-0.4, -0.2) is 19.6 Å². The molecule has 2 nitrogen and oxygen atoms in total. The van der Waals surface area contributed by atoms with E-state index in [0.717, 1.165) is 11.9 Å². The smallest absolute Gasteiger partial charge is 0.143 e. The summed E-state index contributed by atoms with van der Waals surface area (Å²) in [5.41, 5.74) is 0.694. The Morgan fingerprint density at radius 1 is 1.47 bits per heavy atom. The molecule has 0 N–H and O–H groups in total. The van der Waals surface area contributed by atoms with Crippen LogP contribution >= 0.6 is 23.5 Å². The highest BCUT2D eigenvalue weighted by Gasteiger charge is 2.17. The van der Waals surface area contributed by atoms with Crippen LogP contribution in [0, 0.1) is 5.82 Å². The van der Waals surface area contributed by atoms with Crippen molar-refractivity contribution in [1.29, 1.82) is 0 Å². The number of hydrogen-bond acceptors (Lipinski definition) is 3. The van der Waals surface area contributed by atoms with E-state index in [4.69, 9.17) is 11.6 Å². The topological polar surface area (TPSA) is 15.6 Å². The lowest BCUT2D eigenvalue weighted by Gasteiger charge is -2.23. The minimum Gasteiger partial charge on any atom is -0.328 e. The van der Waals surface area contributed by atoms with Crippen molar-refractivity contribution in [1.82, 2.24) is 0 Å². The normalized spacial score (nSPS) is 14.2. The minimum absolute atomic E-state index is 0.0357. The summed E-state index contributed by atoms with van der Waals surface area (Å²) in [5.74, 6) is -0.486. The van der Waals surface area contributed by atoms with Crippen LogP contribution in [0.1, 0.15) is 0 Å². The molecule has 15 heavy (non-hydrogen) atoms. The van der Waals surface area contributed by atoms with Crippen molar-refractivity contribution in [2.24, 2.45) is 4.40 Å². The van der Waals surface area contributed by atoms with Crippen molar-refractivity contribution < 1.29 is 8.78 Å². The SMILES string of the molecule is FCCN1C=NSc2cc(F)c(Cl)cc21. The molecule has 0 atom stereocenters. The Morgan fingerprint density at radius 3 is 3.00 bits per heavy atom. The molecule has 1 aliphatic rings. The summed E-state index contributed by atoms with van der Waals surface area (Å²) < 4.78 is 29.3. The molecule has 80 valence electrons. The second-order valence-electron chi connectivity index (χ2n) is 2.93. The molecule has 0 radical (unpaired) electrons. The first-order chi connectivity index (χ1) is 7.22. The first kappa shape index (κ1) is 10.7. The van der Waals surface area contributed by atoms with Gasteiger partial charge in [0.05, 0.1) is 22.2 Å². The van der Waals surface area contributed by atoms with Gasteiger partial charge in [-0.25, -0.2) is 13.2 Å². The maximum atomic E-state index is 13.1. The second-order valence-corrected chi connectivity index (χ2v) is 4.17. The van der Waals surface area contributed by atoms with Crippen molar-refractivity contribution in [3.8, 4) is 0 Å². The summed E-state index contributed by atoms with van der Waals surface area (Å²) in [6.45, 7) is -0.301. The van der Waals surface area contributed by atoms with Gasteiger partial charge in [-0.3, -0.25) is 0 Å². The molecule has 1 aliphatic heterocycles. The second kappa shape index (κ2) is 4.37. The standard InChI is InChI=1S/C9H7ClF2N2S/c10-6-3-8-9(4-7(6)12)15-13-5-14(8)2-1-11/h3-5H,1-2H2. The van der Waals surface area contributed by atoms with E-state index in [1.54, 1.807) is 4.90 Å². The Labute approximate surface area is 95.1 Å². The van der Waals surface area contributed by atoms with E-state index in [-0.39, 0.29) is 11.6 Å². The molecule has 0 aliphatic carbocycles. The Kier molecular flexibility index (Phi) is 3.11. The van der Waals surface area contributed by atoms with Crippen LogP contribution in [0.2, 0.25) is 5.02 Å². The molecule has 1 aromatic carbocycles. The highest BCUT2D eigenvalue weighted by atomic mass is 35.5. The van der Waals surface area contributed by atoms with Gasteiger partial charge >= 0.3 is 0 Å². The molecule has 1 aromatic rings. The van der Waals surface area contributed by atoms with Crippen LogP contribution in [0.4, 0.5) is 14.5 Å². The number of halogens is 3. The summed E-state index contributed by atoms with van der Waals surface area (Å²) in [5, 5.41) is 0.0357. The fraction of sp³-hybridized carbons (Fsp3) is 0.222. The number of alkyl halides is 1. The number of rotatable bonds is 2. The first-order valence-corrected chi connectivity index (χ1v) is 5.39. The van der Waals surface area contributed by atoms with Crippen LogP contribution < -0.4 is 4.90 Å². The van der Waals surface area contributed by atoms with E-state index in [0.29, 0.717) is 10.6 Å². The van der Waals surface area contributed by atoms with Gasteiger partial charge in [-0.2, -0.15) is 0 Å². The van der Waals surface area contributed by atoms with Crippen LogP contribution in [0.25, 0.3) is 0 Å². The van der Waals surface area contributed by atoms with Crippen molar-refractivity contribution in [3.05, 3.63) is 23.0 Å². The number of fused-ring (bicyclic) bond motifs is 1. The van der Waals surface area contributed by atoms with E-state index in [1.165, 1.54) is 18.5 Å². The van der Waals surface area contributed by atoms with Gasteiger partial charge in [0, 0.05) is 11.9 Å². The Bertz CT molecular complexity index is 411. The largest absolute Gasteiger partial charge is 0.328 e. The molecule has 2 rings (SSSR count). The average molecular weight is 249 g/mol. The fourth-order valence-corrected chi connectivity index (χ4v) is 2.14. The molecular formula is C9H7ClF2N2S.